The fourth-order valence-electron chi connectivity index (χ4n) is 2.58. The lowest BCUT2D eigenvalue weighted by Gasteiger charge is -2.17. The number of aliphatic carboxylic acids is 1. The van der Waals surface area contributed by atoms with Gasteiger partial charge < -0.3 is 10.4 Å². The van der Waals surface area contributed by atoms with E-state index in [1.165, 1.54) is 39.5 Å². The van der Waals surface area contributed by atoms with Crippen molar-refractivity contribution in [2.45, 2.75) is 58.8 Å². The molecule has 0 atom stereocenters. The van der Waals surface area contributed by atoms with Crippen LogP contribution in [-0.2, 0) is 9.59 Å². The maximum absolute atomic E-state index is 11.6. The predicted octanol–water partition coefficient (Wildman–Crippen LogP) is 2.28. The van der Waals surface area contributed by atoms with Gasteiger partial charge >= 0.3 is 12.0 Å². The summed E-state index contributed by atoms with van der Waals surface area (Å²) in [6.07, 6.45) is 6.99. The maximum atomic E-state index is 11.6. The highest BCUT2D eigenvalue weighted by molar-refractivity contribution is 5.96. The Morgan fingerprint density at radius 1 is 1.19 bits per heavy atom. The van der Waals surface area contributed by atoms with E-state index >= 15 is 0 Å². The fourth-order valence-corrected chi connectivity index (χ4v) is 2.58. The van der Waals surface area contributed by atoms with Crippen molar-refractivity contribution in [1.29, 1.82) is 0 Å². The third-order valence-corrected chi connectivity index (χ3v) is 3.98. The van der Waals surface area contributed by atoms with Crippen molar-refractivity contribution in [2.75, 3.05) is 6.54 Å². The lowest BCUT2D eigenvalue weighted by molar-refractivity contribution is -0.149. The van der Waals surface area contributed by atoms with Crippen molar-refractivity contribution in [2.24, 2.45) is 11.3 Å². The summed E-state index contributed by atoms with van der Waals surface area (Å²) in [5.74, 6) is -0.849. The average Bonchev–Trinajstić information content (AvgIpc) is 2.86. The first-order valence-corrected chi connectivity index (χ1v) is 7.62. The average molecular weight is 298 g/mol. The van der Waals surface area contributed by atoms with Crippen LogP contribution in [0.5, 0.6) is 0 Å². The first-order chi connectivity index (χ1) is 9.81. The lowest BCUT2D eigenvalue weighted by atomic mass is 9.89. The van der Waals surface area contributed by atoms with Gasteiger partial charge in [-0.05, 0) is 32.6 Å². The third-order valence-electron chi connectivity index (χ3n) is 3.98. The molecule has 1 saturated carbocycles. The van der Waals surface area contributed by atoms with Crippen molar-refractivity contribution >= 4 is 17.9 Å². The van der Waals surface area contributed by atoms with Gasteiger partial charge in [0.05, 0.1) is 5.41 Å². The van der Waals surface area contributed by atoms with Gasteiger partial charge in [-0.25, -0.2) is 4.79 Å². The maximum Gasteiger partial charge on any atom is 0.321 e. The molecule has 0 unspecified atom stereocenters. The number of nitrogens with one attached hydrogen (secondary N) is 2. The number of hydrogen-bond acceptors (Lipinski definition) is 3. The van der Waals surface area contributed by atoms with Crippen LogP contribution >= 0.6 is 0 Å². The molecule has 0 spiro atoms. The van der Waals surface area contributed by atoms with Crippen LogP contribution in [0.4, 0.5) is 4.79 Å². The Hall–Kier alpha value is -1.59. The molecule has 0 bridgehead atoms. The van der Waals surface area contributed by atoms with Crippen molar-refractivity contribution in [3.63, 3.8) is 0 Å². The number of carboxylic acids is 1. The topological polar surface area (TPSA) is 95.5 Å². The molecule has 6 nitrogen and oxygen atoms in total. The van der Waals surface area contributed by atoms with Gasteiger partial charge in [0.1, 0.15) is 0 Å². The summed E-state index contributed by atoms with van der Waals surface area (Å²) in [6, 6.07) is -0.549. The molecule has 1 fully saturated rings. The Balaban J connectivity index is 2.14. The number of carbonyl (C=O) groups excluding carboxylic acids is 2. The summed E-state index contributed by atoms with van der Waals surface area (Å²) in [6.45, 7) is 3.45. The predicted molar refractivity (Wildman–Crippen MR) is 78.8 cm³/mol. The van der Waals surface area contributed by atoms with Gasteiger partial charge in [-0.1, -0.05) is 25.7 Å². The van der Waals surface area contributed by atoms with Gasteiger partial charge in [0.15, 0.2) is 0 Å². The van der Waals surface area contributed by atoms with E-state index in [1.54, 1.807) is 0 Å². The fraction of sp³-hybridized carbons (Fsp3) is 0.800. The third kappa shape index (κ3) is 6.60. The molecule has 120 valence electrons. The molecule has 0 aromatic rings. The van der Waals surface area contributed by atoms with Crippen LogP contribution in [0.1, 0.15) is 58.8 Å². The van der Waals surface area contributed by atoms with Crippen molar-refractivity contribution < 1.29 is 19.5 Å². The number of amides is 3. The van der Waals surface area contributed by atoms with Crippen molar-refractivity contribution in [3.05, 3.63) is 0 Å². The molecule has 0 saturated heterocycles. The van der Waals surface area contributed by atoms with E-state index in [1.807, 2.05) is 0 Å². The molecular formula is C15H26N2O4. The number of carbonyl (C=O) groups is 3. The van der Waals surface area contributed by atoms with E-state index in [0.717, 1.165) is 18.8 Å². The molecule has 1 aliphatic carbocycles. The van der Waals surface area contributed by atoms with Crippen LogP contribution in [-0.4, -0.2) is 29.6 Å². The highest BCUT2D eigenvalue weighted by atomic mass is 16.4. The summed E-state index contributed by atoms with van der Waals surface area (Å²) in [7, 11) is 0. The molecule has 0 heterocycles. The largest absolute Gasteiger partial charge is 0.481 e. The molecule has 21 heavy (non-hydrogen) atoms. The van der Waals surface area contributed by atoms with E-state index in [-0.39, 0.29) is 6.42 Å². The van der Waals surface area contributed by atoms with E-state index in [4.69, 9.17) is 5.11 Å². The van der Waals surface area contributed by atoms with Gasteiger partial charge in [0.2, 0.25) is 5.91 Å². The first-order valence-electron chi connectivity index (χ1n) is 7.62. The normalized spacial score (nSPS) is 15.7. The zero-order chi connectivity index (χ0) is 15.9. The van der Waals surface area contributed by atoms with Gasteiger partial charge in [0, 0.05) is 13.0 Å². The van der Waals surface area contributed by atoms with Gasteiger partial charge in [-0.2, -0.15) is 0 Å². The van der Waals surface area contributed by atoms with Crippen LogP contribution in [0.3, 0.4) is 0 Å². The Morgan fingerprint density at radius 2 is 1.81 bits per heavy atom. The number of imide groups is 1. The summed E-state index contributed by atoms with van der Waals surface area (Å²) in [5, 5.41) is 13.7. The molecule has 0 aliphatic heterocycles. The zero-order valence-electron chi connectivity index (χ0n) is 12.9. The monoisotopic (exact) mass is 298 g/mol. The van der Waals surface area contributed by atoms with Crippen LogP contribution in [0, 0.1) is 11.3 Å². The summed E-state index contributed by atoms with van der Waals surface area (Å²) in [5.41, 5.74) is -1.17. The Kier molecular flexibility index (Phi) is 6.65. The second-order valence-electron chi connectivity index (χ2n) is 6.46. The second kappa shape index (κ2) is 8.00. The summed E-state index contributed by atoms with van der Waals surface area (Å²) >= 11 is 0. The Bertz CT molecular complexity index is 387. The molecular weight excluding hydrogens is 272 g/mol. The number of carboxylic acid groups (broad SMARTS) is 1. The van der Waals surface area contributed by atoms with E-state index in [9.17, 15) is 14.4 Å². The minimum atomic E-state index is -1.17. The van der Waals surface area contributed by atoms with E-state index in [0.29, 0.717) is 6.54 Å². The Labute approximate surface area is 125 Å². The molecule has 0 aromatic heterocycles. The lowest BCUT2D eigenvalue weighted by Crippen LogP contribution is -2.42. The standard InChI is InChI=1S/C15H26N2O4/c1-15(2,13(19)20)10-12(18)17-14(21)16-9-5-8-11-6-3-4-7-11/h11H,3-10H2,1-2H3,(H,19,20)(H2,16,17,18,21). The molecule has 3 N–H and O–H groups in total. The van der Waals surface area contributed by atoms with Gasteiger partial charge in [0.25, 0.3) is 0 Å². The van der Waals surface area contributed by atoms with Crippen molar-refractivity contribution in [3.8, 4) is 0 Å². The van der Waals surface area contributed by atoms with Crippen LogP contribution in [0.2, 0.25) is 0 Å². The van der Waals surface area contributed by atoms with E-state index in [2.05, 4.69) is 10.6 Å². The zero-order valence-corrected chi connectivity index (χ0v) is 12.9. The molecule has 0 aromatic carbocycles. The summed E-state index contributed by atoms with van der Waals surface area (Å²) in [4.78, 5) is 34.0. The van der Waals surface area contributed by atoms with Crippen LogP contribution < -0.4 is 10.6 Å². The summed E-state index contributed by atoms with van der Waals surface area (Å²) < 4.78 is 0. The molecule has 1 rings (SSSR count). The minimum absolute atomic E-state index is 0.224. The quantitative estimate of drug-likeness (QED) is 0.628. The molecule has 1 aliphatic rings. The van der Waals surface area contributed by atoms with Gasteiger partial charge in [-0.3, -0.25) is 14.9 Å². The minimum Gasteiger partial charge on any atom is -0.481 e. The second-order valence-corrected chi connectivity index (χ2v) is 6.46. The van der Waals surface area contributed by atoms with E-state index < -0.39 is 23.3 Å². The van der Waals surface area contributed by atoms with Crippen LogP contribution in [0.15, 0.2) is 0 Å². The first kappa shape index (κ1) is 17.5. The van der Waals surface area contributed by atoms with Crippen molar-refractivity contribution in [1.82, 2.24) is 10.6 Å². The molecule has 3 amide bonds. The molecule has 0 radical (unpaired) electrons. The Morgan fingerprint density at radius 3 is 2.38 bits per heavy atom. The molecule has 6 heteroatoms. The highest BCUT2D eigenvalue weighted by Gasteiger charge is 2.30. The smallest absolute Gasteiger partial charge is 0.321 e. The van der Waals surface area contributed by atoms with Crippen LogP contribution in [0.25, 0.3) is 0 Å². The SMILES string of the molecule is CC(C)(CC(=O)NC(=O)NCCCC1CCCC1)C(=O)O. The number of urea groups is 1. The number of hydrogen-bond donors (Lipinski definition) is 3. The van der Waals surface area contributed by atoms with Gasteiger partial charge in [-0.15, -0.1) is 0 Å². The number of rotatable bonds is 7. The highest BCUT2D eigenvalue weighted by Crippen LogP contribution is 2.28.